The van der Waals surface area contributed by atoms with E-state index in [9.17, 15) is 9.59 Å². The number of carbonyl (C=O) groups is 2. The molecule has 1 amide bonds. The number of thiophene rings is 1. The molecular formula is C24H28ClNO3S. The smallest absolute Gasteiger partial charge is 0.341 e. The number of fused-ring (bicyclic) bond motifs is 1. The quantitative estimate of drug-likeness (QED) is 0.429. The van der Waals surface area contributed by atoms with Crippen molar-refractivity contribution in [3.05, 3.63) is 56.9 Å². The monoisotopic (exact) mass is 445 g/mol. The summed E-state index contributed by atoms with van der Waals surface area (Å²) in [5.74, 6) is -0.122. The van der Waals surface area contributed by atoms with Crippen molar-refractivity contribution in [2.45, 2.75) is 47.0 Å². The van der Waals surface area contributed by atoms with Gasteiger partial charge in [0.2, 0.25) is 5.91 Å². The molecule has 1 aliphatic rings. The molecule has 2 aromatic rings. The third-order valence-corrected chi connectivity index (χ3v) is 7.04. The van der Waals surface area contributed by atoms with Gasteiger partial charge in [-0.3, -0.25) is 4.79 Å². The summed E-state index contributed by atoms with van der Waals surface area (Å²) in [6.45, 7) is 8.85. The molecule has 0 radical (unpaired) electrons. The normalized spacial score (nSPS) is 16.4. The molecule has 160 valence electrons. The first-order chi connectivity index (χ1) is 14.2. The van der Waals surface area contributed by atoms with E-state index in [0.717, 1.165) is 30.4 Å². The molecule has 1 aromatic heterocycles. The van der Waals surface area contributed by atoms with Crippen LogP contribution < -0.4 is 5.32 Å². The van der Waals surface area contributed by atoms with Crippen LogP contribution in [0.25, 0.3) is 6.08 Å². The standard InChI is InChI=1S/C24H28ClNO3S/c1-5-29-23(28)21-17-12-11-16(24(2,3)4)14-19(17)30-22(21)26-20(27)13-10-15-8-6-7-9-18(15)25/h6-10,13,16H,5,11-12,14H2,1-4H3,(H,26,27). The zero-order valence-corrected chi connectivity index (χ0v) is 19.5. The van der Waals surface area contributed by atoms with Gasteiger partial charge in [-0.05, 0) is 60.8 Å². The van der Waals surface area contributed by atoms with Crippen LogP contribution in [0.5, 0.6) is 0 Å². The fourth-order valence-electron chi connectivity index (χ4n) is 3.76. The Morgan fingerprint density at radius 2 is 2.03 bits per heavy atom. The molecule has 0 fully saturated rings. The molecular weight excluding hydrogens is 418 g/mol. The molecule has 1 atom stereocenters. The van der Waals surface area contributed by atoms with Gasteiger partial charge in [-0.2, -0.15) is 0 Å². The van der Waals surface area contributed by atoms with Gasteiger partial charge in [-0.25, -0.2) is 4.79 Å². The van der Waals surface area contributed by atoms with Crippen molar-refractivity contribution in [3.63, 3.8) is 0 Å². The van der Waals surface area contributed by atoms with E-state index in [1.54, 1.807) is 19.1 Å². The van der Waals surface area contributed by atoms with Crippen molar-refractivity contribution in [2.24, 2.45) is 11.3 Å². The molecule has 4 nitrogen and oxygen atoms in total. The number of anilines is 1. The van der Waals surface area contributed by atoms with Crippen LogP contribution >= 0.6 is 22.9 Å². The van der Waals surface area contributed by atoms with E-state index < -0.39 is 0 Å². The minimum atomic E-state index is -0.366. The van der Waals surface area contributed by atoms with Crippen molar-refractivity contribution in [1.29, 1.82) is 0 Å². The highest BCUT2D eigenvalue weighted by atomic mass is 35.5. The molecule has 1 aromatic carbocycles. The van der Waals surface area contributed by atoms with Crippen molar-refractivity contribution >= 4 is 45.9 Å². The summed E-state index contributed by atoms with van der Waals surface area (Å²) in [5, 5.41) is 4.05. The van der Waals surface area contributed by atoms with Crippen LogP contribution in [-0.2, 0) is 22.4 Å². The summed E-state index contributed by atoms with van der Waals surface area (Å²) in [7, 11) is 0. The predicted molar refractivity (Wildman–Crippen MR) is 124 cm³/mol. The lowest BCUT2D eigenvalue weighted by Crippen LogP contribution is -2.26. The highest BCUT2D eigenvalue weighted by molar-refractivity contribution is 7.17. The summed E-state index contributed by atoms with van der Waals surface area (Å²) >= 11 is 7.64. The lowest BCUT2D eigenvalue weighted by Gasteiger charge is -2.33. The molecule has 0 bridgehead atoms. The Hall–Kier alpha value is -2.11. The topological polar surface area (TPSA) is 55.4 Å². The fourth-order valence-corrected chi connectivity index (χ4v) is 5.28. The Labute approximate surface area is 187 Å². The summed E-state index contributed by atoms with van der Waals surface area (Å²) in [4.78, 5) is 26.4. The number of nitrogens with one attached hydrogen (secondary N) is 1. The van der Waals surface area contributed by atoms with Crippen LogP contribution in [0.1, 0.15) is 60.5 Å². The summed E-state index contributed by atoms with van der Waals surface area (Å²) < 4.78 is 5.29. The first kappa shape index (κ1) is 22.6. The Kier molecular flexibility index (Phi) is 7.04. The molecule has 0 saturated heterocycles. The maximum absolute atomic E-state index is 12.7. The second-order valence-corrected chi connectivity index (χ2v) is 10.1. The molecule has 1 unspecified atom stereocenters. The second-order valence-electron chi connectivity index (χ2n) is 8.58. The maximum atomic E-state index is 12.7. The minimum absolute atomic E-state index is 0.201. The lowest BCUT2D eigenvalue weighted by molar-refractivity contribution is -0.111. The number of benzene rings is 1. The number of halogens is 1. The number of hydrogen-bond acceptors (Lipinski definition) is 4. The van der Waals surface area contributed by atoms with E-state index in [0.29, 0.717) is 28.1 Å². The molecule has 1 N–H and O–H groups in total. The molecule has 0 saturated carbocycles. The SMILES string of the molecule is CCOC(=O)c1c(NC(=O)C=Cc2ccccc2Cl)sc2c1CCC(C(C)(C)C)C2. The van der Waals surface area contributed by atoms with Gasteiger partial charge in [-0.15, -0.1) is 11.3 Å². The van der Waals surface area contributed by atoms with Crippen LogP contribution in [0.2, 0.25) is 5.02 Å². The first-order valence-electron chi connectivity index (χ1n) is 10.3. The van der Waals surface area contributed by atoms with E-state index in [1.807, 2.05) is 18.2 Å². The Morgan fingerprint density at radius 3 is 2.70 bits per heavy atom. The van der Waals surface area contributed by atoms with Gasteiger partial charge in [0.15, 0.2) is 0 Å². The van der Waals surface area contributed by atoms with Crippen LogP contribution in [-0.4, -0.2) is 18.5 Å². The van der Waals surface area contributed by atoms with Gasteiger partial charge in [0, 0.05) is 16.0 Å². The van der Waals surface area contributed by atoms with Gasteiger partial charge in [-0.1, -0.05) is 50.6 Å². The average Bonchev–Trinajstić information content (AvgIpc) is 3.03. The van der Waals surface area contributed by atoms with Crippen LogP contribution in [0, 0.1) is 11.3 Å². The number of ether oxygens (including phenoxy) is 1. The van der Waals surface area contributed by atoms with Crippen molar-refractivity contribution in [2.75, 3.05) is 11.9 Å². The first-order valence-corrected chi connectivity index (χ1v) is 11.5. The third-order valence-electron chi connectivity index (χ3n) is 5.53. The fraction of sp³-hybridized carbons (Fsp3) is 0.417. The highest BCUT2D eigenvalue weighted by Gasteiger charge is 2.34. The van der Waals surface area contributed by atoms with E-state index in [1.165, 1.54) is 22.3 Å². The predicted octanol–water partition coefficient (Wildman–Crippen LogP) is 6.38. The van der Waals surface area contributed by atoms with E-state index >= 15 is 0 Å². The molecule has 30 heavy (non-hydrogen) atoms. The van der Waals surface area contributed by atoms with Crippen LogP contribution in [0.3, 0.4) is 0 Å². The van der Waals surface area contributed by atoms with Gasteiger partial charge >= 0.3 is 5.97 Å². The highest BCUT2D eigenvalue weighted by Crippen LogP contribution is 2.44. The molecule has 0 aliphatic heterocycles. The average molecular weight is 446 g/mol. The zero-order chi connectivity index (χ0) is 21.9. The molecule has 6 heteroatoms. The van der Waals surface area contributed by atoms with Gasteiger partial charge in [0.25, 0.3) is 0 Å². The molecule has 3 rings (SSSR count). The number of hydrogen-bond donors (Lipinski definition) is 1. The molecule has 0 spiro atoms. The minimum Gasteiger partial charge on any atom is -0.462 e. The van der Waals surface area contributed by atoms with E-state index in [-0.39, 0.29) is 17.3 Å². The molecule has 1 aliphatic carbocycles. The number of amides is 1. The summed E-state index contributed by atoms with van der Waals surface area (Å²) in [6.07, 6.45) is 5.88. The number of carbonyl (C=O) groups excluding carboxylic acids is 2. The second kappa shape index (κ2) is 9.36. The van der Waals surface area contributed by atoms with Crippen LogP contribution in [0.4, 0.5) is 5.00 Å². The van der Waals surface area contributed by atoms with Gasteiger partial charge in [0.1, 0.15) is 5.00 Å². The largest absolute Gasteiger partial charge is 0.462 e. The Bertz CT molecular complexity index is 971. The third kappa shape index (κ3) is 5.13. The van der Waals surface area contributed by atoms with Crippen molar-refractivity contribution in [1.82, 2.24) is 0 Å². The van der Waals surface area contributed by atoms with E-state index in [4.69, 9.17) is 16.3 Å². The van der Waals surface area contributed by atoms with Crippen molar-refractivity contribution < 1.29 is 14.3 Å². The lowest BCUT2D eigenvalue weighted by atomic mass is 9.72. The van der Waals surface area contributed by atoms with E-state index in [2.05, 4.69) is 26.1 Å². The zero-order valence-electron chi connectivity index (χ0n) is 17.9. The number of rotatable bonds is 5. The van der Waals surface area contributed by atoms with Crippen molar-refractivity contribution in [3.8, 4) is 0 Å². The van der Waals surface area contributed by atoms with Gasteiger partial charge < -0.3 is 10.1 Å². The Morgan fingerprint density at radius 1 is 1.30 bits per heavy atom. The maximum Gasteiger partial charge on any atom is 0.341 e. The summed E-state index contributed by atoms with van der Waals surface area (Å²) in [6, 6.07) is 7.32. The number of esters is 1. The van der Waals surface area contributed by atoms with Crippen LogP contribution in [0.15, 0.2) is 30.3 Å². The summed E-state index contributed by atoms with van der Waals surface area (Å²) in [5.41, 5.74) is 2.51. The Balaban J connectivity index is 1.86. The molecule has 1 heterocycles. The van der Waals surface area contributed by atoms with Gasteiger partial charge in [0.05, 0.1) is 12.2 Å².